The second kappa shape index (κ2) is 14.3. The summed E-state index contributed by atoms with van der Waals surface area (Å²) in [6.45, 7) is 3.72. The van der Waals surface area contributed by atoms with Crippen molar-refractivity contribution in [3.8, 4) is 0 Å². The van der Waals surface area contributed by atoms with E-state index in [-0.39, 0.29) is 6.03 Å². The molecule has 1 saturated heterocycles. The van der Waals surface area contributed by atoms with Crippen LogP contribution < -0.4 is 5.32 Å². The van der Waals surface area contributed by atoms with Gasteiger partial charge in [0.05, 0.1) is 10.0 Å². The number of urea groups is 1. The average Bonchev–Trinajstić information content (AvgIpc) is 2.57. The molecule has 1 heterocycles. The smallest absolute Gasteiger partial charge is 0.319 e. The first kappa shape index (κ1) is 23.0. The Morgan fingerprint density at radius 1 is 1.12 bits per heavy atom. The van der Waals surface area contributed by atoms with Crippen LogP contribution in [-0.2, 0) is 4.74 Å². The Balaban J connectivity index is 0.000000334. The van der Waals surface area contributed by atoms with Crippen LogP contribution in [0.2, 0.25) is 10.0 Å². The van der Waals surface area contributed by atoms with Crippen LogP contribution in [0, 0.1) is 0 Å². The zero-order valence-corrected chi connectivity index (χ0v) is 16.5. The van der Waals surface area contributed by atoms with Gasteiger partial charge < -0.3 is 19.9 Å². The molecule has 0 spiro atoms. The van der Waals surface area contributed by atoms with Crippen molar-refractivity contribution < 1.29 is 9.53 Å². The molecular formula is C17H29Cl2N3O2. The number of benzene rings is 1. The number of hydrogen-bond acceptors (Lipinski definition) is 3. The molecule has 1 aliphatic rings. The third-order valence-corrected chi connectivity index (χ3v) is 4.00. The van der Waals surface area contributed by atoms with Gasteiger partial charge in [-0.05, 0) is 38.6 Å². The standard InChI is InChI=1S/C6H4Cl2.C6H12N2O.C5H13NO/c7-5-3-1-2-4-6(5)8;1-7-4-3-5-8(2)6(7)9;1-6-4-3-5-7-2/h1-4H;3-5H2,1-2H3;6H,3-5H2,1-2H3. The van der Waals surface area contributed by atoms with E-state index < -0.39 is 0 Å². The minimum absolute atomic E-state index is 0.140. The highest BCUT2D eigenvalue weighted by Gasteiger charge is 2.17. The molecule has 0 bridgehead atoms. The van der Waals surface area contributed by atoms with E-state index in [0.29, 0.717) is 10.0 Å². The summed E-state index contributed by atoms with van der Waals surface area (Å²) in [5.41, 5.74) is 0. The minimum atomic E-state index is 0.140. The van der Waals surface area contributed by atoms with Gasteiger partial charge in [-0.25, -0.2) is 4.79 Å². The van der Waals surface area contributed by atoms with Crippen molar-refractivity contribution in [1.29, 1.82) is 0 Å². The van der Waals surface area contributed by atoms with Gasteiger partial charge in [0.2, 0.25) is 0 Å². The molecule has 1 aliphatic heterocycles. The zero-order chi connectivity index (χ0) is 18.4. The number of ether oxygens (including phenoxy) is 1. The molecule has 0 atom stereocenters. The maximum Gasteiger partial charge on any atom is 0.319 e. The molecule has 138 valence electrons. The lowest BCUT2D eigenvalue weighted by Gasteiger charge is -2.30. The zero-order valence-electron chi connectivity index (χ0n) is 15.0. The van der Waals surface area contributed by atoms with E-state index in [9.17, 15) is 4.79 Å². The van der Waals surface area contributed by atoms with Crippen molar-refractivity contribution in [1.82, 2.24) is 15.1 Å². The summed E-state index contributed by atoms with van der Waals surface area (Å²) in [4.78, 5) is 14.5. The van der Waals surface area contributed by atoms with Crippen molar-refractivity contribution in [3.63, 3.8) is 0 Å². The molecule has 5 nitrogen and oxygen atoms in total. The number of carbonyl (C=O) groups excluding carboxylic acids is 1. The predicted octanol–water partition coefficient (Wildman–Crippen LogP) is 3.61. The van der Waals surface area contributed by atoms with Gasteiger partial charge in [0.25, 0.3) is 0 Å². The third kappa shape index (κ3) is 10.7. The van der Waals surface area contributed by atoms with Gasteiger partial charge in [0.15, 0.2) is 0 Å². The summed E-state index contributed by atoms with van der Waals surface area (Å²) >= 11 is 11.2. The Bertz CT molecular complexity index is 424. The van der Waals surface area contributed by atoms with Crippen molar-refractivity contribution in [2.45, 2.75) is 12.8 Å². The Morgan fingerprint density at radius 3 is 1.96 bits per heavy atom. The SMILES string of the molecule is CN1CCCN(C)C1=O.CNCCCOC.Clc1ccccc1Cl. The monoisotopic (exact) mass is 377 g/mol. The summed E-state index contributed by atoms with van der Waals surface area (Å²) in [5.74, 6) is 0. The Hall–Kier alpha value is -1.01. The number of carbonyl (C=O) groups is 1. The quantitative estimate of drug-likeness (QED) is 0.815. The second-order valence-corrected chi connectivity index (χ2v) is 6.16. The third-order valence-electron chi connectivity index (χ3n) is 3.24. The lowest BCUT2D eigenvalue weighted by Crippen LogP contribution is -2.44. The molecule has 24 heavy (non-hydrogen) atoms. The molecule has 0 aromatic heterocycles. The van der Waals surface area contributed by atoms with Gasteiger partial charge in [-0.1, -0.05) is 35.3 Å². The molecule has 0 unspecified atom stereocenters. The molecule has 1 aromatic carbocycles. The highest BCUT2D eigenvalue weighted by molar-refractivity contribution is 6.41. The molecule has 0 aliphatic carbocycles. The van der Waals surface area contributed by atoms with E-state index in [1.54, 1.807) is 29.0 Å². The molecule has 7 heteroatoms. The molecule has 1 fully saturated rings. The fraction of sp³-hybridized carbons (Fsp3) is 0.588. The van der Waals surface area contributed by atoms with Crippen LogP contribution in [0.5, 0.6) is 0 Å². The van der Waals surface area contributed by atoms with Crippen LogP contribution in [-0.4, -0.2) is 70.3 Å². The van der Waals surface area contributed by atoms with Crippen LogP contribution in [0.25, 0.3) is 0 Å². The lowest BCUT2D eigenvalue weighted by molar-refractivity contribution is 0.153. The molecular weight excluding hydrogens is 349 g/mol. The summed E-state index contributed by atoms with van der Waals surface area (Å²) in [7, 11) is 7.32. The molecule has 2 rings (SSSR count). The number of hydrogen-bond donors (Lipinski definition) is 1. The van der Waals surface area contributed by atoms with Gasteiger partial charge >= 0.3 is 6.03 Å². The lowest BCUT2D eigenvalue weighted by atomic mass is 10.3. The van der Waals surface area contributed by atoms with Gasteiger partial charge in [-0.15, -0.1) is 0 Å². The van der Waals surface area contributed by atoms with E-state index in [2.05, 4.69) is 5.32 Å². The van der Waals surface area contributed by atoms with Gasteiger partial charge in [0.1, 0.15) is 0 Å². The molecule has 1 N–H and O–H groups in total. The summed E-state index contributed by atoms with van der Waals surface area (Å²) < 4.78 is 4.80. The second-order valence-electron chi connectivity index (χ2n) is 5.34. The van der Waals surface area contributed by atoms with Crippen LogP contribution in [0.4, 0.5) is 4.79 Å². The van der Waals surface area contributed by atoms with E-state index >= 15 is 0 Å². The van der Waals surface area contributed by atoms with Crippen molar-refractivity contribution in [2.24, 2.45) is 0 Å². The van der Waals surface area contributed by atoms with Crippen LogP contribution >= 0.6 is 23.2 Å². The highest BCUT2D eigenvalue weighted by Crippen LogP contribution is 2.19. The fourth-order valence-electron chi connectivity index (χ4n) is 1.86. The number of nitrogens with zero attached hydrogens (tertiary/aromatic N) is 2. The maximum absolute atomic E-state index is 11.0. The predicted molar refractivity (Wildman–Crippen MR) is 102 cm³/mol. The maximum atomic E-state index is 11.0. The average molecular weight is 378 g/mol. The van der Waals surface area contributed by atoms with E-state index in [1.165, 1.54) is 0 Å². The van der Waals surface area contributed by atoms with Gasteiger partial charge in [0, 0.05) is 40.9 Å². The van der Waals surface area contributed by atoms with Crippen molar-refractivity contribution in [2.75, 3.05) is 54.5 Å². The Kier molecular flexibility index (Phi) is 13.7. The van der Waals surface area contributed by atoms with Crippen molar-refractivity contribution >= 4 is 29.2 Å². The number of halogens is 2. The topological polar surface area (TPSA) is 44.8 Å². The fourth-order valence-corrected chi connectivity index (χ4v) is 2.13. The molecule has 1 aromatic rings. The summed E-state index contributed by atoms with van der Waals surface area (Å²) in [5, 5.41) is 4.23. The summed E-state index contributed by atoms with van der Waals surface area (Å²) in [6.07, 6.45) is 2.20. The highest BCUT2D eigenvalue weighted by atomic mass is 35.5. The Morgan fingerprint density at radius 2 is 1.62 bits per heavy atom. The molecule has 0 saturated carbocycles. The van der Waals surface area contributed by atoms with Crippen molar-refractivity contribution in [3.05, 3.63) is 34.3 Å². The molecule has 0 radical (unpaired) electrons. The normalized spacial score (nSPS) is 13.7. The van der Waals surface area contributed by atoms with Crippen LogP contribution in [0.15, 0.2) is 24.3 Å². The Labute approximate surface area is 155 Å². The minimum Gasteiger partial charge on any atom is -0.385 e. The van der Waals surface area contributed by atoms with E-state index in [1.807, 2.05) is 33.3 Å². The van der Waals surface area contributed by atoms with E-state index in [4.69, 9.17) is 27.9 Å². The first-order chi connectivity index (χ1) is 11.4. The largest absolute Gasteiger partial charge is 0.385 e. The number of rotatable bonds is 4. The molecule has 2 amide bonds. The van der Waals surface area contributed by atoms with Crippen LogP contribution in [0.1, 0.15) is 12.8 Å². The van der Waals surface area contributed by atoms with Gasteiger partial charge in [-0.3, -0.25) is 0 Å². The first-order valence-electron chi connectivity index (χ1n) is 7.93. The summed E-state index contributed by atoms with van der Waals surface area (Å²) in [6, 6.07) is 7.33. The van der Waals surface area contributed by atoms with Crippen LogP contribution in [0.3, 0.4) is 0 Å². The first-order valence-corrected chi connectivity index (χ1v) is 8.69. The number of nitrogens with one attached hydrogen (secondary N) is 1. The number of methoxy groups -OCH3 is 1. The van der Waals surface area contributed by atoms with Gasteiger partial charge in [-0.2, -0.15) is 0 Å². The number of amides is 2. The van der Waals surface area contributed by atoms with E-state index in [0.717, 1.165) is 39.1 Å².